The zero-order valence-electron chi connectivity index (χ0n) is 40.1. The lowest BCUT2D eigenvalue weighted by Gasteiger charge is -2.33. The van der Waals surface area contributed by atoms with E-state index in [9.17, 15) is 8.78 Å². The predicted octanol–water partition coefficient (Wildman–Crippen LogP) is 19.0. The Labute approximate surface area is 413 Å². The quantitative estimate of drug-likeness (QED) is 0.140. The van der Waals surface area contributed by atoms with Gasteiger partial charge in [0.25, 0.3) is 0 Å². The fraction of sp³-hybridized carbons (Fsp3) is 0.104. The van der Waals surface area contributed by atoms with Gasteiger partial charge >= 0.3 is 0 Å². The van der Waals surface area contributed by atoms with Gasteiger partial charge in [0.2, 0.25) is 0 Å². The monoisotopic (exact) mass is 920 g/mol. The molecule has 0 heterocycles. The van der Waals surface area contributed by atoms with Gasteiger partial charge < -0.3 is 9.80 Å². The standard InChI is InChI=1S/C67H50F2N2/c1-41(2)43-17-26-48(27-18-43)70(50-30-22-46(68)23-31-50)52-34-37-54-45(39-52)21-36-60-64-58-14-6-5-11-55(58)61-40-53(71(51-32-24-47(69)25-33-51)49-28-19-44(20-29-49)42(3)4)35-38-59(61)66(64)67(65(54)60)62-15-9-7-12-56(62)57-13-8-10-16-63(57)67/h5-42H,1-4H3. The van der Waals surface area contributed by atoms with Crippen LogP contribution in [0.25, 0.3) is 54.6 Å². The maximum Gasteiger partial charge on any atom is 0.123 e. The first kappa shape index (κ1) is 42.7. The minimum Gasteiger partial charge on any atom is -0.310 e. The molecular weight excluding hydrogens is 871 g/mol. The van der Waals surface area contributed by atoms with Crippen molar-refractivity contribution in [2.45, 2.75) is 44.9 Å². The summed E-state index contributed by atoms with van der Waals surface area (Å²) in [6, 6.07) is 76.5. The molecule has 0 unspecified atom stereocenters. The molecule has 2 aliphatic rings. The van der Waals surface area contributed by atoms with E-state index in [2.05, 4.69) is 207 Å². The Kier molecular flexibility index (Phi) is 9.87. The van der Waals surface area contributed by atoms with Gasteiger partial charge in [-0.25, -0.2) is 8.78 Å². The second-order valence-corrected chi connectivity index (χ2v) is 19.9. The number of rotatable bonds is 8. The Balaban J connectivity index is 1.09. The molecule has 11 aromatic rings. The number of hydrogen-bond donors (Lipinski definition) is 0. The van der Waals surface area contributed by atoms with E-state index < -0.39 is 5.41 Å². The summed E-state index contributed by atoms with van der Waals surface area (Å²) >= 11 is 0. The number of fused-ring (bicyclic) bond motifs is 17. The van der Waals surface area contributed by atoms with Crippen LogP contribution in [0.3, 0.4) is 0 Å². The van der Waals surface area contributed by atoms with Crippen LogP contribution in [0.15, 0.2) is 218 Å². The number of hydrogen-bond acceptors (Lipinski definition) is 2. The topological polar surface area (TPSA) is 6.48 Å². The van der Waals surface area contributed by atoms with Crippen LogP contribution in [0.5, 0.6) is 0 Å². The van der Waals surface area contributed by atoms with Gasteiger partial charge in [-0.15, -0.1) is 0 Å². The molecule has 1 spiro atoms. The molecule has 0 fully saturated rings. The highest BCUT2D eigenvalue weighted by Crippen LogP contribution is 2.67. The van der Waals surface area contributed by atoms with E-state index >= 15 is 0 Å². The van der Waals surface area contributed by atoms with E-state index in [0.29, 0.717) is 11.8 Å². The lowest BCUT2D eigenvalue weighted by atomic mass is 9.68. The number of nitrogens with zero attached hydrogens (tertiary/aromatic N) is 2. The van der Waals surface area contributed by atoms with Gasteiger partial charge in [0.15, 0.2) is 0 Å². The van der Waals surface area contributed by atoms with Gasteiger partial charge in [-0.1, -0.05) is 149 Å². The van der Waals surface area contributed by atoms with E-state index in [4.69, 9.17) is 0 Å². The SMILES string of the molecule is CC(C)c1ccc(N(c2ccc(F)cc2)c2ccc3c4c(ccc3c2)-c2c(c3ccc(N(c5ccc(F)cc5)c5ccc(C(C)C)cc5)cc3c3ccccc23)C42c3ccccc3-c3ccccc32)cc1. The zero-order valence-corrected chi connectivity index (χ0v) is 40.1. The molecule has 11 aromatic carbocycles. The summed E-state index contributed by atoms with van der Waals surface area (Å²) in [6.07, 6.45) is 0. The van der Waals surface area contributed by atoms with Crippen molar-refractivity contribution in [1.29, 1.82) is 0 Å². The molecule has 0 N–H and O–H groups in total. The van der Waals surface area contributed by atoms with Crippen molar-refractivity contribution in [2.24, 2.45) is 0 Å². The molecule has 13 rings (SSSR count). The molecule has 4 heteroatoms. The van der Waals surface area contributed by atoms with Gasteiger partial charge in [0.05, 0.1) is 5.41 Å². The van der Waals surface area contributed by atoms with Crippen molar-refractivity contribution in [1.82, 2.24) is 0 Å². The molecule has 342 valence electrons. The van der Waals surface area contributed by atoms with Gasteiger partial charge in [-0.3, -0.25) is 0 Å². The summed E-state index contributed by atoms with van der Waals surface area (Å²) in [6.45, 7) is 8.84. The smallest absolute Gasteiger partial charge is 0.123 e. The molecular formula is C67H50F2N2. The van der Waals surface area contributed by atoms with Gasteiger partial charge in [-0.05, 0) is 197 Å². The summed E-state index contributed by atoms with van der Waals surface area (Å²) in [5.74, 6) is 0.255. The van der Waals surface area contributed by atoms with Crippen LogP contribution in [0.2, 0.25) is 0 Å². The van der Waals surface area contributed by atoms with Crippen LogP contribution in [0, 0.1) is 11.6 Å². The lowest BCUT2D eigenvalue weighted by Crippen LogP contribution is -2.26. The summed E-state index contributed by atoms with van der Waals surface area (Å²) in [5, 5.41) is 7.02. The molecule has 0 saturated heterocycles. The van der Waals surface area contributed by atoms with E-state index in [1.807, 2.05) is 24.3 Å². The maximum absolute atomic E-state index is 14.6. The van der Waals surface area contributed by atoms with Crippen molar-refractivity contribution in [3.63, 3.8) is 0 Å². The van der Waals surface area contributed by atoms with Gasteiger partial charge in [0.1, 0.15) is 11.6 Å². The van der Waals surface area contributed by atoms with Crippen LogP contribution >= 0.6 is 0 Å². The number of halogens is 2. The van der Waals surface area contributed by atoms with Crippen molar-refractivity contribution in [3.8, 4) is 22.3 Å². The van der Waals surface area contributed by atoms with E-state index in [1.165, 1.54) is 89.3 Å². The number of anilines is 6. The average Bonchev–Trinajstić information content (AvgIpc) is 3.89. The second kappa shape index (κ2) is 16.4. The van der Waals surface area contributed by atoms with Crippen LogP contribution < -0.4 is 9.80 Å². The lowest BCUT2D eigenvalue weighted by molar-refractivity contribution is 0.627. The molecule has 2 nitrogen and oxygen atoms in total. The Hall–Kier alpha value is -8.34. The Morgan fingerprint density at radius 1 is 0.338 bits per heavy atom. The fourth-order valence-electron chi connectivity index (χ4n) is 12.0. The second-order valence-electron chi connectivity index (χ2n) is 19.9. The highest BCUT2D eigenvalue weighted by molar-refractivity contribution is 6.22. The van der Waals surface area contributed by atoms with Crippen LogP contribution in [0.1, 0.15) is 72.9 Å². The molecule has 0 saturated carbocycles. The first-order valence-corrected chi connectivity index (χ1v) is 24.8. The molecule has 0 radical (unpaired) electrons. The predicted molar refractivity (Wildman–Crippen MR) is 293 cm³/mol. The fourth-order valence-corrected chi connectivity index (χ4v) is 12.0. The van der Waals surface area contributed by atoms with Crippen LogP contribution in [-0.4, -0.2) is 0 Å². The summed E-state index contributed by atoms with van der Waals surface area (Å²) in [7, 11) is 0. The van der Waals surface area contributed by atoms with Gasteiger partial charge in [-0.2, -0.15) is 0 Å². The van der Waals surface area contributed by atoms with Crippen molar-refractivity contribution in [2.75, 3.05) is 9.80 Å². The summed E-state index contributed by atoms with van der Waals surface area (Å²) in [4.78, 5) is 4.47. The minimum atomic E-state index is -0.671. The maximum atomic E-state index is 14.6. The molecule has 71 heavy (non-hydrogen) atoms. The molecule has 0 amide bonds. The largest absolute Gasteiger partial charge is 0.310 e. The highest BCUT2D eigenvalue weighted by Gasteiger charge is 2.53. The van der Waals surface area contributed by atoms with E-state index in [0.717, 1.165) is 44.9 Å². The molecule has 0 aliphatic heterocycles. The van der Waals surface area contributed by atoms with E-state index in [-0.39, 0.29) is 11.6 Å². The Morgan fingerprint density at radius 2 is 0.775 bits per heavy atom. The van der Waals surface area contributed by atoms with Crippen molar-refractivity contribution < 1.29 is 8.78 Å². The van der Waals surface area contributed by atoms with Crippen LogP contribution in [-0.2, 0) is 5.41 Å². The molecule has 0 aromatic heterocycles. The third kappa shape index (κ3) is 6.51. The molecule has 0 atom stereocenters. The van der Waals surface area contributed by atoms with Gasteiger partial charge in [0, 0.05) is 34.1 Å². The Bertz CT molecular complexity index is 3840. The van der Waals surface area contributed by atoms with Crippen molar-refractivity contribution in [3.05, 3.63) is 263 Å². The first-order valence-electron chi connectivity index (χ1n) is 24.8. The third-order valence-corrected chi connectivity index (χ3v) is 15.3. The highest BCUT2D eigenvalue weighted by atomic mass is 19.1. The Morgan fingerprint density at radius 3 is 1.30 bits per heavy atom. The van der Waals surface area contributed by atoms with E-state index in [1.54, 1.807) is 12.1 Å². The summed E-state index contributed by atoms with van der Waals surface area (Å²) < 4.78 is 29.1. The number of benzene rings is 11. The first-order chi connectivity index (χ1) is 34.7. The molecule has 2 aliphatic carbocycles. The third-order valence-electron chi connectivity index (χ3n) is 15.3. The summed E-state index contributed by atoms with van der Waals surface area (Å²) in [5.41, 5.74) is 17.7. The van der Waals surface area contributed by atoms with Crippen LogP contribution in [0.4, 0.5) is 42.9 Å². The minimum absolute atomic E-state index is 0.266. The van der Waals surface area contributed by atoms with Crippen molar-refractivity contribution >= 4 is 66.4 Å². The zero-order chi connectivity index (χ0) is 48.1. The molecule has 0 bridgehead atoms. The normalized spacial score (nSPS) is 13.0. The average molecular weight is 921 g/mol.